The highest BCUT2D eigenvalue weighted by Crippen LogP contribution is 2.24. The van der Waals surface area contributed by atoms with Crippen molar-refractivity contribution >= 4 is 23.4 Å². The summed E-state index contributed by atoms with van der Waals surface area (Å²) in [5.41, 5.74) is 2.93. The Morgan fingerprint density at radius 1 is 1.09 bits per heavy atom. The van der Waals surface area contributed by atoms with Crippen LogP contribution >= 0.6 is 0 Å². The number of rotatable bonds is 8. The minimum absolute atomic E-state index is 0.00593. The van der Waals surface area contributed by atoms with E-state index in [1.54, 1.807) is 42.5 Å². The molecule has 3 aromatic carbocycles. The van der Waals surface area contributed by atoms with Crippen LogP contribution < -0.4 is 10.1 Å². The number of nitriles is 1. The van der Waals surface area contributed by atoms with Gasteiger partial charge in [-0.2, -0.15) is 5.26 Å². The summed E-state index contributed by atoms with van der Waals surface area (Å²) in [5, 5.41) is 23.1. The molecule has 0 atom stereocenters. The minimum Gasteiger partial charge on any atom is -0.488 e. The first kappa shape index (κ1) is 22.2. The van der Waals surface area contributed by atoms with Crippen molar-refractivity contribution in [1.29, 1.82) is 5.26 Å². The number of hydrogen-bond donors (Lipinski definition) is 1. The van der Waals surface area contributed by atoms with Crippen molar-refractivity contribution in [1.82, 2.24) is 0 Å². The van der Waals surface area contributed by atoms with Gasteiger partial charge in [-0.3, -0.25) is 14.9 Å². The van der Waals surface area contributed by atoms with Gasteiger partial charge in [0.15, 0.2) is 0 Å². The van der Waals surface area contributed by atoms with Gasteiger partial charge in [-0.25, -0.2) is 0 Å². The number of para-hydroxylation sites is 2. The third kappa shape index (κ3) is 5.58. The van der Waals surface area contributed by atoms with Crippen LogP contribution in [0.3, 0.4) is 0 Å². The van der Waals surface area contributed by atoms with Gasteiger partial charge in [0, 0.05) is 23.4 Å². The van der Waals surface area contributed by atoms with Crippen molar-refractivity contribution in [2.24, 2.45) is 0 Å². The zero-order chi connectivity index (χ0) is 22.9. The predicted molar refractivity (Wildman–Crippen MR) is 122 cm³/mol. The first-order chi connectivity index (χ1) is 15.5. The van der Waals surface area contributed by atoms with Crippen molar-refractivity contribution in [3.63, 3.8) is 0 Å². The zero-order valence-electron chi connectivity index (χ0n) is 17.4. The molecule has 0 aliphatic rings. The minimum atomic E-state index is -0.501. The first-order valence-electron chi connectivity index (χ1n) is 9.98. The van der Waals surface area contributed by atoms with Crippen LogP contribution in [-0.2, 0) is 17.8 Å². The maximum absolute atomic E-state index is 12.7. The molecule has 0 bridgehead atoms. The molecule has 1 N–H and O–H groups in total. The molecule has 7 nitrogen and oxygen atoms in total. The van der Waals surface area contributed by atoms with Gasteiger partial charge in [0.05, 0.1) is 4.92 Å². The lowest BCUT2D eigenvalue weighted by Crippen LogP contribution is -2.14. The van der Waals surface area contributed by atoms with E-state index < -0.39 is 10.8 Å². The number of carbonyl (C=O) groups is 1. The van der Waals surface area contributed by atoms with Crippen LogP contribution in [-0.4, -0.2) is 10.8 Å². The second-order valence-electron chi connectivity index (χ2n) is 6.88. The van der Waals surface area contributed by atoms with Crippen LogP contribution in [0.1, 0.15) is 23.6 Å². The van der Waals surface area contributed by atoms with E-state index in [1.807, 2.05) is 31.2 Å². The summed E-state index contributed by atoms with van der Waals surface area (Å²) in [5.74, 6) is -0.0149. The highest BCUT2D eigenvalue weighted by molar-refractivity contribution is 6.10. The van der Waals surface area contributed by atoms with Gasteiger partial charge >= 0.3 is 0 Å². The van der Waals surface area contributed by atoms with E-state index in [1.165, 1.54) is 18.2 Å². The summed E-state index contributed by atoms with van der Waals surface area (Å²) in [4.78, 5) is 23.0. The topological polar surface area (TPSA) is 105 Å². The Labute approximate surface area is 185 Å². The molecule has 0 saturated heterocycles. The second kappa shape index (κ2) is 10.5. The Balaban J connectivity index is 1.77. The van der Waals surface area contributed by atoms with Gasteiger partial charge in [-0.05, 0) is 47.9 Å². The average Bonchev–Trinajstić information content (AvgIpc) is 2.82. The molecule has 7 heteroatoms. The van der Waals surface area contributed by atoms with E-state index in [-0.39, 0.29) is 17.9 Å². The number of carbonyl (C=O) groups excluding carboxylic acids is 1. The zero-order valence-corrected chi connectivity index (χ0v) is 17.4. The van der Waals surface area contributed by atoms with E-state index >= 15 is 0 Å². The third-order valence-electron chi connectivity index (χ3n) is 4.77. The molecule has 3 aromatic rings. The predicted octanol–water partition coefficient (Wildman–Crippen LogP) is 5.28. The number of hydrogen-bond acceptors (Lipinski definition) is 5. The van der Waals surface area contributed by atoms with Gasteiger partial charge in [-0.15, -0.1) is 0 Å². The van der Waals surface area contributed by atoms with E-state index in [4.69, 9.17) is 4.74 Å². The summed E-state index contributed by atoms with van der Waals surface area (Å²) in [6.07, 6.45) is 2.23. The summed E-state index contributed by atoms with van der Waals surface area (Å²) >= 11 is 0. The monoisotopic (exact) mass is 427 g/mol. The molecule has 0 aliphatic heterocycles. The smallest absolute Gasteiger partial charge is 0.269 e. The highest BCUT2D eigenvalue weighted by atomic mass is 16.6. The van der Waals surface area contributed by atoms with Crippen LogP contribution in [0.2, 0.25) is 0 Å². The van der Waals surface area contributed by atoms with Crippen LogP contribution in [0.25, 0.3) is 6.08 Å². The number of benzene rings is 3. The average molecular weight is 427 g/mol. The Kier molecular flexibility index (Phi) is 7.33. The van der Waals surface area contributed by atoms with Crippen LogP contribution in [0.5, 0.6) is 5.75 Å². The van der Waals surface area contributed by atoms with Crippen LogP contribution in [0, 0.1) is 21.4 Å². The van der Waals surface area contributed by atoms with Crippen molar-refractivity contribution in [2.75, 3.05) is 5.32 Å². The third-order valence-corrected chi connectivity index (χ3v) is 4.77. The maximum atomic E-state index is 12.7. The Hall–Kier alpha value is -4.44. The van der Waals surface area contributed by atoms with Crippen molar-refractivity contribution in [2.45, 2.75) is 20.0 Å². The van der Waals surface area contributed by atoms with Gasteiger partial charge in [0.25, 0.3) is 11.6 Å². The van der Waals surface area contributed by atoms with Gasteiger partial charge < -0.3 is 10.1 Å². The number of nitro benzene ring substituents is 1. The Morgan fingerprint density at radius 2 is 1.78 bits per heavy atom. The number of non-ortho nitro benzene ring substituents is 1. The number of nitrogens with zero attached hydrogens (tertiary/aromatic N) is 2. The molecule has 1 amide bonds. The number of anilines is 1. The Morgan fingerprint density at radius 3 is 2.47 bits per heavy atom. The molecule has 0 aromatic heterocycles. The summed E-state index contributed by atoms with van der Waals surface area (Å²) < 4.78 is 5.85. The number of amides is 1. The second-order valence-corrected chi connectivity index (χ2v) is 6.88. The molecule has 3 rings (SSSR count). The first-order valence-corrected chi connectivity index (χ1v) is 9.98. The lowest BCUT2D eigenvalue weighted by atomic mass is 10.1. The number of nitro groups is 1. The van der Waals surface area contributed by atoms with Crippen LogP contribution in [0.4, 0.5) is 11.4 Å². The fourth-order valence-electron chi connectivity index (χ4n) is 3.05. The summed E-state index contributed by atoms with van der Waals surface area (Å²) in [7, 11) is 0. The SMILES string of the molecule is CCc1ccccc1NC(=O)/C(C#N)=C/c1ccccc1OCc1ccc([N+](=O)[O-])cc1. The molecular weight excluding hydrogens is 406 g/mol. The normalized spacial score (nSPS) is 10.8. The highest BCUT2D eigenvalue weighted by Gasteiger charge is 2.13. The number of nitrogens with one attached hydrogen (secondary N) is 1. The molecule has 0 aliphatic carbocycles. The molecule has 0 spiro atoms. The number of aryl methyl sites for hydroxylation is 1. The van der Waals surface area contributed by atoms with Crippen molar-refractivity contribution in [3.8, 4) is 11.8 Å². The molecule has 0 fully saturated rings. The van der Waals surface area contributed by atoms with E-state index in [0.29, 0.717) is 17.0 Å². The summed E-state index contributed by atoms with van der Waals surface area (Å²) in [6, 6.07) is 22.5. The van der Waals surface area contributed by atoms with Gasteiger partial charge in [-0.1, -0.05) is 43.3 Å². The number of ether oxygens (including phenoxy) is 1. The maximum Gasteiger partial charge on any atom is 0.269 e. The lowest BCUT2D eigenvalue weighted by Gasteiger charge is -2.11. The Bertz CT molecular complexity index is 1190. The molecular formula is C25H21N3O4. The van der Waals surface area contributed by atoms with E-state index in [2.05, 4.69) is 5.32 Å². The molecule has 0 saturated carbocycles. The van der Waals surface area contributed by atoms with Crippen LogP contribution in [0.15, 0.2) is 78.4 Å². The molecule has 160 valence electrons. The summed E-state index contributed by atoms with van der Waals surface area (Å²) in [6.45, 7) is 2.17. The fourth-order valence-corrected chi connectivity index (χ4v) is 3.05. The lowest BCUT2D eigenvalue weighted by molar-refractivity contribution is -0.384. The van der Waals surface area contributed by atoms with E-state index in [9.17, 15) is 20.2 Å². The van der Waals surface area contributed by atoms with Gasteiger partial charge in [0.2, 0.25) is 0 Å². The fraction of sp³-hybridized carbons (Fsp3) is 0.120. The standard InChI is InChI=1S/C25H21N3O4/c1-2-19-7-3-5-9-23(19)27-25(29)21(16-26)15-20-8-4-6-10-24(20)32-17-18-11-13-22(14-12-18)28(30)31/h3-15H,2,17H2,1H3,(H,27,29)/b21-15+. The molecule has 32 heavy (non-hydrogen) atoms. The quantitative estimate of drug-likeness (QED) is 0.228. The van der Waals surface area contributed by atoms with Crippen molar-refractivity contribution < 1.29 is 14.5 Å². The molecule has 0 unspecified atom stereocenters. The largest absolute Gasteiger partial charge is 0.488 e. The van der Waals surface area contributed by atoms with Gasteiger partial charge in [0.1, 0.15) is 24.0 Å². The molecule has 0 radical (unpaired) electrons. The van der Waals surface area contributed by atoms with E-state index in [0.717, 1.165) is 17.5 Å². The molecule has 0 heterocycles. The van der Waals surface area contributed by atoms with Crippen molar-refractivity contribution in [3.05, 3.63) is 105 Å².